The van der Waals surface area contributed by atoms with Crippen LogP contribution >= 0.6 is 11.6 Å². The van der Waals surface area contributed by atoms with E-state index in [0.29, 0.717) is 25.7 Å². The van der Waals surface area contributed by atoms with Gasteiger partial charge in [-0.05, 0) is 50.3 Å². The topological polar surface area (TPSA) is 66.0 Å². The van der Waals surface area contributed by atoms with Crippen LogP contribution in [0.5, 0.6) is 0 Å². The van der Waals surface area contributed by atoms with Gasteiger partial charge < -0.3 is 20.3 Å². The molecule has 0 spiro atoms. The van der Waals surface area contributed by atoms with Gasteiger partial charge in [0.05, 0.1) is 6.61 Å². The van der Waals surface area contributed by atoms with Crippen molar-refractivity contribution in [1.82, 2.24) is 15.5 Å². The first-order valence-electron chi connectivity index (χ1n) is 9.25. The molecule has 0 aromatic heterocycles. The molecule has 1 aliphatic heterocycles. The minimum atomic E-state index is -0.212. The van der Waals surface area contributed by atoms with Gasteiger partial charge in [0, 0.05) is 37.7 Å². The Morgan fingerprint density at radius 1 is 1.31 bits per heavy atom. The van der Waals surface area contributed by atoms with Crippen LogP contribution in [0.3, 0.4) is 0 Å². The Kier molecular flexibility index (Phi) is 8.54. The first-order valence-corrected chi connectivity index (χ1v) is 9.63. The molecule has 0 aliphatic carbocycles. The lowest BCUT2D eigenvalue weighted by Crippen LogP contribution is -2.50. The molecule has 1 saturated heterocycles. The highest BCUT2D eigenvalue weighted by Gasteiger charge is 2.23. The summed E-state index contributed by atoms with van der Waals surface area (Å²) >= 11 is 5.90. The Morgan fingerprint density at radius 3 is 2.62 bits per heavy atom. The number of nitrogens with zero attached hydrogens (tertiary/aromatic N) is 2. The van der Waals surface area contributed by atoms with Crippen molar-refractivity contribution in [3.63, 3.8) is 0 Å². The average molecular weight is 381 g/mol. The summed E-state index contributed by atoms with van der Waals surface area (Å²) in [4.78, 5) is 17.8. The van der Waals surface area contributed by atoms with Crippen molar-refractivity contribution in [2.45, 2.75) is 38.6 Å². The molecule has 1 aliphatic rings. The van der Waals surface area contributed by atoms with Crippen LogP contribution in [0.15, 0.2) is 29.3 Å². The van der Waals surface area contributed by atoms with Gasteiger partial charge in [-0.1, -0.05) is 23.7 Å². The van der Waals surface area contributed by atoms with Gasteiger partial charge in [-0.2, -0.15) is 0 Å². The number of benzene rings is 1. The number of hydrogen-bond acceptors (Lipinski definition) is 3. The van der Waals surface area contributed by atoms with Gasteiger partial charge in [-0.3, -0.25) is 4.99 Å². The Labute approximate surface area is 161 Å². The number of hydrogen-bond donors (Lipinski definition) is 2. The summed E-state index contributed by atoms with van der Waals surface area (Å²) in [5.41, 5.74) is 1.28. The maximum absolute atomic E-state index is 11.7. The number of nitrogens with one attached hydrogen (secondary N) is 2. The molecule has 1 aromatic carbocycles. The van der Waals surface area contributed by atoms with E-state index >= 15 is 0 Å². The molecule has 0 radical (unpaired) electrons. The first-order chi connectivity index (χ1) is 12.6. The Morgan fingerprint density at radius 2 is 2.00 bits per heavy atom. The zero-order chi connectivity index (χ0) is 18.8. The predicted octanol–water partition coefficient (Wildman–Crippen LogP) is 3.06. The second-order valence-electron chi connectivity index (χ2n) is 6.33. The molecule has 6 nitrogen and oxygen atoms in total. The SMILES string of the molecule is CCOC(=O)N1CCC(NC(=NC)NCCCc2ccc(Cl)cc2)CC1. The van der Waals surface area contributed by atoms with E-state index in [0.717, 1.165) is 43.2 Å². The molecule has 0 saturated carbocycles. The predicted molar refractivity (Wildman–Crippen MR) is 106 cm³/mol. The molecule has 1 heterocycles. The van der Waals surface area contributed by atoms with Crippen LogP contribution < -0.4 is 10.6 Å². The fourth-order valence-corrected chi connectivity index (χ4v) is 3.09. The number of amides is 1. The zero-order valence-electron chi connectivity index (χ0n) is 15.6. The zero-order valence-corrected chi connectivity index (χ0v) is 16.4. The van der Waals surface area contributed by atoms with Crippen molar-refractivity contribution in [3.8, 4) is 0 Å². The number of piperidine rings is 1. The summed E-state index contributed by atoms with van der Waals surface area (Å²) in [5, 5.41) is 7.58. The minimum absolute atomic E-state index is 0.212. The molecule has 0 unspecified atom stereocenters. The fraction of sp³-hybridized carbons (Fsp3) is 0.579. The quantitative estimate of drug-likeness (QED) is 0.452. The van der Waals surface area contributed by atoms with Crippen molar-refractivity contribution < 1.29 is 9.53 Å². The molecular weight excluding hydrogens is 352 g/mol. The maximum Gasteiger partial charge on any atom is 0.409 e. The molecule has 1 fully saturated rings. The largest absolute Gasteiger partial charge is 0.450 e. The highest BCUT2D eigenvalue weighted by Crippen LogP contribution is 2.12. The fourth-order valence-electron chi connectivity index (χ4n) is 2.96. The van der Waals surface area contributed by atoms with Crippen LogP contribution in [-0.4, -0.2) is 56.3 Å². The molecular formula is C19H29ClN4O2. The van der Waals surface area contributed by atoms with E-state index in [9.17, 15) is 4.79 Å². The summed E-state index contributed by atoms with van der Waals surface area (Å²) in [6, 6.07) is 8.29. The highest BCUT2D eigenvalue weighted by atomic mass is 35.5. The molecule has 0 atom stereocenters. The minimum Gasteiger partial charge on any atom is -0.450 e. The highest BCUT2D eigenvalue weighted by molar-refractivity contribution is 6.30. The number of likely N-dealkylation sites (tertiary alicyclic amines) is 1. The number of halogens is 1. The van der Waals surface area contributed by atoms with Gasteiger partial charge in [0.15, 0.2) is 5.96 Å². The lowest BCUT2D eigenvalue weighted by Gasteiger charge is -2.32. The molecule has 1 aromatic rings. The van der Waals surface area contributed by atoms with Crippen molar-refractivity contribution in [2.24, 2.45) is 4.99 Å². The number of carbonyl (C=O) groups excluding carboxylic acids is 1. The number of aryl methyl sites for hydroxylation is 1. The van der Waals surface area contributed by atoms with E-state index in [2.05, 4.69) is 27.8 Å². The van der Waals surface area contributed by atoms with Gasteiger partial charge >= 0.3 is 6.09 Å². The van der Waals surface area contributed by atoms with Crippen LogP contribution in [-0.2, 0) is 11.2 Å². The Hall–Kier alpha value is -1.95. The molecule has 2 rings (SSSR count). The van der Waals surface area contributed by atoms with Crippen LogP contribution in [0.4, 0.5) is 4.79 Å². The van der Waals surface area contributed by atoms with Crippen molar-refractivity contribution in [2.75, 3.05) is 33.3 Å². The summed E-state index contributed by atoms with van der Waals surface area (Å²) in [7, 11) is 1.78. The third kappa shape index (κ3) is 6.75. The molecule has 26 heavy (non-hydrogen) atoms. The van der Waals surface area contributed by atoms with Crippen molar-refractivity contribution >= 4 is 23.7 Å². The van der Waals surface area contributed by atoms with Gasteiger partial charge in [-0.25, -0.2) is 4.79 Å². The lowest BCUT2D eigenvalue weighted by atomic mass is 10.1. The van der Waals surface area contributed by atoms with E-state index in [1.54, 1.807) is 11.9 Å². The Balaban J connectivity index is 1.65. The number of rotatable bonds is 6. The summed E-state index contributed by atoms with van der Waals surface area (Å²) in [6.45, 7) is 4.52. The van der Waals surface area contributed by atoms with Crippen LogP contribution in [0, 0.1) is 0 Å². The number of guanidine groups is 1. The van der Waals surface area contributed by atoms with E-state index in [4.69, 9.17) is 16.3 Å². The number of carbonyl (C=O) groups is 1. The second kappa shape index (κ2) is 10.9. The summed E-state index contributed by atoms with van der Waals surface area (Å²) < 4.78 is 5.05. The normalized spacial score (nSPS) is 15.7. The summed E-state index contributed by atoms with van der Waals surface area (Å²) in [5.74, 6) is 0.815. The maximum atomic E-state index is 11.7. The Bertz CT molecular complexity index is 584. The van der Waals surface area contributed by atoms with E-state index in [1.165, 1.54) is 5.56 Å². The van der Waals surface area contributed by atoms with Gasteiger partial charge in [0.25, 0.3) is 0 Å². The van der Waals surface area contributed by atoms with E-state index < -0.39 is 0 Å². The van der Waals surface area contributed by atoms with Crippen LogP contribution in [0.2, 0.25) is 5.02 Å². The first kappa shape index (κ1) is 20.4. The second-order valence-corrected chi connectivity index (χ2v) is 6.77. The summed E-state index contributed by atoms with van der Waals surface area (Å²) in [6.07, 6.45) is 3.59. The smallest absolute Gasteiger partial charge is 0.409 e. The monoisotopic (exact) mass is 380 g/mol. The molecule has 1 amide bonds. The molecule has 7 heteroatoms. The van der Waals surface area contributed by atoms with Crippen LogP contribution in [0.25, 0.3) is 0 Å². The van der Waals surface area contributed by atoms with Gasteiger partial charge in [0.1, 0.15) is 0 Å². The van der Waals surface area contributed by atoms with Crippen molar-refractivity contribution in [3.05, 3.63) is 34.9 Å². The molecule has 2 N–H and O–H groups in total. The third-order valence-electron chi connectivity index (χ3n) is 4.43. The van der Waals surface area contributed by atoms with Gasteiger partial charge in [0.2, 0.25) is 0 Å². The molecule has 144 valence electrons. The van der Waals surface area contributed by atoms with Crippen molar-refractivity contribution in [1.29, 1.82) is 0 Å². The van der Waals surface area contributed by atoms with Crippen LogP contribution in [0.1, 0.15) is 31.7 Å². The number of aliphatic imine (C=N–C) groups is 1. The van der Waals surface area contributed by atoms with E-state index in [1.807, 2.05) is 19.1 Å². The average Bonchev–Trinajstić information content (AvgIpc) is 2.66. The lowest BCUT2D eigenvalue weighted by molar-refractivity contribution is 0.0963. The standard InChI is InChI=1S/C19H29ClN4O2/c1-3-26-19(25)24-13-10-17(11-14-24)23-18(21-2)22-12-4-5-15-6-8-16(20)9-7-15/h6-9,17H,3-5,10-14H2,1-2H3,(H2,21,22,23). The van der Waals surface area contributed by atoms with E-state index in [-0.39, 0.29) is 6.09 Å². The number of ether oxygens (including phenoxy) is 1. The third-order valence-corrected chi connectivity index (χ3v) is 4.69. The molecule has 0 bridgehead atoms. The van der Waals surface area contributed by atoms with Gasteiger partial charge in [-0.15, -0.1) is 0 Å².